The Bertz CT molecular complexity index is 3540. The standard InChI is InChI=1S/C24H30.C23H29N.C23H28S.C23H28.8C2H6/c1-16(2)18-8-10-20-21-11-9-19(17(3)4)15-23(21)24(22(20)14-18)12-6-5-7-13-24;1-15(2)17-5-7-19-20-8-6-18(16(3)4)14-22(20)23(21(19)13-17)9-11-24-12-10-23;1-15(2)17-7-9-19-20-10-8-18(16(3)4)14-22(20)23(21(19)13-17)11-5-6-12-24-23;1-15(2)17-7-9-19-20-10-8-18(16(3)4)14-22(20)23(21(19)13-17)11-5-6-12-23;8*1-2/h8-11,14-17H,5-7,12-13H2,1-4H3;5-8,13-16,24H,9-12H2,1-4H3;7-10,13-16H,5-6,11-12H2,1-4H3;7-10,13-16H,5-6,11-12H2,1-4H3;8*1-2H3. The van der Waals surface area contributed by atoms with Crippen molar-refractivity contribution >= 4 is 11.8 Å². The lowest BCUT2D eigenvalue weighted by Crippen LogP contribution is -2.39. The van der Waals surface area contributed by atoms with Gasteiger partial charge in [0.1, 0.15) is 0 Å². The maximum Gasteiger partial charge on any atom is 0.0669 e. The fourth-order valence-corrected chi connectivity index (χ4v) is 20.3. The Morgan fingerprint density at radius 1 is 0.216 bits per heavy atom. The van der Waals surface area contributed by atoms with Gasteiger partial charge in [0.2, 0.25) is 0 Å². The maximum absolute atomic E-state index is 3.57. The average Bonchev–Trinajstić information content (AvgIpc) is 1.59. The normalized spacial score (nSPS) is 16.0. The molecule has 0 aromatic heterocycles. The molecule has 610 valence electrons. The van der Waals surface area contributed by atoms with Gasteiger partial charge >= 0.3 is 0 Å². The van der Waals surface area contributed by atoms with Gasteiger partial charge in [-0.05, 0) is 251 Å². The van der Waals surface area contributed by atoms with E-state index in [4.69, 9.17) is 0 Å². The van der Waals surface area contributed by atoms with E-state index in [2.05, 4.69) is 273 Å². The first-order valence-electron chi connectivity index (χ1n) is 46.1. The van der Waals surface area contributed by atoms with Gasteiger partial charge in [0.25, 0.3) is 0 Å². The molecule has 0 amide bonds. The zero-order chi connectivity index (χ0) is 82.9. The fourth-order valence-electron chi connectivity index (χ4n) is 18.7. The Labute approximate surface area is 690 Å². The molecule has 0 bridgehead atoms. The van der Waals surface area contributed by atoms with Gasteiger partial charge in [0.05, 0.1) is 4.75 Å². The van der Waals surface area contributed by atoms with Crippen LogP contribution in [0.25, 0.3) is 44.5 Å². The van der Waals surface area contributed by atoms with Gasteiger partial charge in [-0.15, -0.1) is 11.8 Å². The molecule has 2 heterocycles. The minimum absolute atomic E-state index is 0.207. The molecule has 2 aliphatic heterocycles. The Kier molecular flexibility index (Phi) is 38.6. The zero-order valence-corrected chi connectivity index (χ0v) is 78.2. The van der Waals surface area contributed by atoms with Crippen LogP contribution in [0.15, 0.2) is 146 Å². The second-order valence-electron chi connectivity index (χ2n) is 33.1. The highest BCUT2D eigenvalue weighted by Crippen LogP contribution is 2.62. The largest absolute Gasteiger partial charge is 0.317 e. The van der Waals surface area contributed by atoms with E-state index in [1.54, 1.807) is 44.5 Å². The van der Waals surface area contributed by atoms with Crippen LogP contribution in [-0.2, 0) is 21.0 Å². The fraction of sp³-hybridized carbons (Fsp3) is 0.560. The summed E-state index contributed by atoms with van der Waals surface area (Å²) in [4.78, 5) is 0. The quantitative estimate of drug-likeness (QED) is 0.163. The van der Waals surface area contributed by atoms with Crippen molar-refractivity contribution in [2.24, 2.45) is 0 Å². The van der Waals surface area contributed by atoms with Gasteiger partial charge in [-0.1, -0.05) is 406 Å². The molecule has 4 spiro atoms. The van der Waals surface area contributed by atoms with E-state index in [1.165, 1.54) is 185 Å². The molecule has 2 saturated heterocycles. The molecule has 0 radical (unpaired) electrons. The minimum atomic E-state index is 0.207. The van der Waals surface area contributed by atoms with Crippen LogP contribution in [0.2, 0.25) is 0 Å². The van der Waals surface area contributed by atoms with Crippen LogP contribution < -0.4 is 5.32 Å². The van der Waals surface area contributed by atoms with Crippen LogP contribution in [0.5, 0.6) is 0 Å². The maximum atomic E-state index is 3.57. The summed E-state index contributed by atoms with van der Waals surface area (Å²) in [5.41, 5.74) is 37.5. The Morgan fingerprint density at radius 3 is 0.595 bits per heavy atom. The van der Waals surface area contributed by atoms with Crippen LogP contribution in [0.3, 0.4) is 0 Å². The van der Waals surface area contributed by atoms with Crippen molar-refractivity contribution < 1.29 is 0 Å². The molecule has 1 nitrogen and oxygen atoms in total. The average molecular weight is 1520 g/mol. The monoisotopic (exact) mass is 1520 g/mol. The van der Waals surface area contributed by atoms with Crippen molar-refractivity contribution in [3.8, 4) is 44.5 Å². The molecular formula is C109H163NS. The third kappa shape index (κ3) is 20.0. The van der Waals surface area contributed by atoms with E-state index in [-0.39, 0.29) is 10.2 Å². The Balaban J connectivity index is 0.000000249. The molecule has 8 aromatic rings. The molecule has 2 saturated carbocycles. The summed E-state index contributed by atoms with van der Waals surface area (Å²) in [6.07, 6.45) is 18.7. The predicted octanol–water partition coefficient (Wildman–Crippen LogP) is 34.8. The van der Waals surface area contributed by atoms with E-state index < -0.39 is 0 Å². The molecule has 111 heavy (non-hydrogen) atoms. The number of hydrogen-bond acceptors (Lipinski definition) is 2. The van der Waals surface area contributed by atoms with Gasteiger partial charge in [0, 0.05) is 16.2 Å². The summed E-state index contributed by atoms with van der Waals surface area (Å²) in [5, 5.41) is 3.57. The number of thioether (sulfide) groups is 1. The highest BCUT2D eigenvalue weighted by atomic mass is 32.2. The molecule has 1 N–H and O–H groups in total. The molecule has 8 aliphatic rings. The lowest BCUT2D eigenvalue weighted by atomic mass is 9.67. The number of benzene rings is 8. The lowest BCUT2D eigenvalue weighted by molar-refractivity contribution is 0.352. The number of rotatable bonds is 8. The highest BCUT2D eigenvalue weighted by molar-refractivity contribution is 8.00. The van der Waals surface area contributed by atoms with E-state index in [9.17, 15) is 0 Å². The van der Waals surface area contributed by atoms with Crippen molar-refractivity contribution in [2.45, 2.75) is 380 Å². The van der Waals surface area contributed by atoms with Crippen LogP contribution in [0, 0.1) is 0 Å². The van der Waals surface area contributed by atoms with E-state index >= 15 is 0 Å². The SMILES string of the molecule is CC.CC.CC.CC.CC.CC.CC.CC.CC(C)c1ccc2c(c1)C1(CCCC1)c1cc(C(C)C)ccc1-2.CC(C)c1ccc2c(c1)C1(CCCCC1)c1cc(C(C)C)ccc1-2.CC(C)c1ccc2c(c1)C1(CCCCS1)c1cc(C(C)C)ccc1-2.CC(C)c1ccc2c(c1)C1(CCNCC1)c1cc(C(C)C)ccc1-2. The predicted molar refractivity (Wildman–Crippen MR) is 504 cm³/mol. The lowest BCUT2D eigenvalue weighted by Gasteiger charge is -2.37. The van der Waals surface area contributed by atoms with Crippen LogP contribution in [-0.4, -0.2) is 18.8 Å². The third-order valence-electron chi connectivity index (χ3n) is 24.7. The first-order valence-corrected chi connectivity index (χ1v) is 47.1. The number of piperidine rings is 1. The Hall–Kier alpha value is -5.93. The molecule has 6 aliphatic carbocycles. The first kappa shape index (κ1) is 95.7. The Morgan fingerprint density at radius 2 is 0.396 bits per heavy atom. The summed E-state index contributed by atoms with van der Waals surface area (Å²) in [7, 11) is 0. The molecular weight excluding hydrogens is 1360 g/mol. The van der Waals surface area contributed by atoms with Gasteiger partial charge < -0.3 is 5.32 Å². The smallest absolute Gasteiger partial charge is 0.0669 e. The number of hydrogen-bond donors (Lipinski definition) is 1. The van der Waals surface area contributed by atoms with Gasteiger partial charge in [0.15, 0.2) is 0 Å². The second-order valence-corrected chi connectivity index (χ2v) is 34.5. The van der Waals surface area contributed by atoms with Crippen molar-refractivity contribution in [1.82, 2.24) is 5.32 Å². The highest BCUT2D eigenvalue weighted by Gasteiger charge is 2.49. The van der Waals surface area contributed by atoms with Crippen molar-refractivity contribution in [3.05, 3.63) is 235 Å². The third-order valence-corrected chi connectivity index (χ3v) is 26.3. The van der Waals surface area contributed by atoms with Crippen molar-refractivity contribution in [3.63, 3.8) is 0 Å². The van der Waals surface area contributed by atoms with Gasteiger partial charge in [-0.25, -0.2) is 0 Å². The topological polar surface area (TPSA) is 12.0 Å². The van der Waals surface area contributed by atoms with Gasteiger partial charge in [-0.3, -0.25) is 0 Å². The van der Waals surface area contributed by atoms with Crippen molar-refractivity contribution in [2.75, 3.05) is 18.8 Å². The molecule has 2 heteroatoms. The van der Waals surface area contributed by atoms with Gasteiger partial charge in [-0.2, -0.15) is 0 Å². The van der Waals surface area contributed by atoms with Crippen LogP contribution >= 0.6 is 11.8 Å². The number of fused-ring (bicyclic) bond motifs is 20. The molecule has 0 atom stereocenters. The van der Waals surface area contributed by atoms with E-state index in [0.29, 0.717) is 58.2 Å². The molecule has 0 unspecified atom stereocenters. The first-order chi connectivity index (χ1) is 53.6. The van der Waals surface area contributed by atoms with E-state index in [0.717, 1.165) is 13.1 Å². The summed E-state index contributed by atoms with van der Waals surface area (Å²) in [5.74, 6) is 6.07. The van der Waals surface area contributed by atoms with Crippen molar-refractivity contribution in [1.29, 1.82) is 0 Å². The van der Waals surface area contributed by atoms with Crippen LogP contribution in [0.4, 0.5) is 0 Å². The second kappa shape index (κ2) is 44.8. The number of nitrogens with one attached hydrogen (secondary N) is 1. The summed E-state index contributed by atoms with van der Waals surface area (Å²) in [6.45, 7) is 71.2. The summed E-state index contributed by atoms with van der Waals surface area (Å²) >= 11 is 2.20. The molecule has 16 rings (SSSR count). The molecule has 4 fully saturated rings. The molecule has 8 aromatic carbocycles. The van der Waals surface area contributed by atoms with Crippen LogP contribution in [0.1, 0.15) is 448 Å². The summed E-state index contributed by atoms with van der Waals surface area (Å²) in [6, 6.07) is 58.1. The zero-order valence-electron chi connectivity index (χ0n) is 77.4. The minimum Gasteiger partial charge on any atom is -0.317 e. The summed E-state index contributed by atoms with van der Waals surface area (Å²) < 4.78 is 0.207. The van der Waals surface area contributed by atoms with E-state index in [1.807, 2.05) is 111 Å².